The van der Waals surface area contributed by atoms with Crippen LogP contribution in [-0.4, -0.2) is 50.1 Å². The lowest BCUT2D eigenvalue weighted by atomic mass is 10.3. The molecule has 0 aliphatic carbocycles. The van der Waals surface area contributed by atoms with Crippen LogP contribution in [0.2, 0.25) is 0 Å². The van der Waals surface area contributed by atoms with Gasteiger partial charge in [0.25, 0.3) is 0 Å². The van der Waals surface area contributed by atoms with Crippen LogP contribution in [0, 0.1) is 0 Å². The molecule has 0 spiro atoms. The first-order valence-corrected chi connectivity index (χ1v) is 13.2. The van der Waals surface area contributed by atoms with Gasteiger partial charge in [0, 0.05) is 4.47 Å². The van der Waals surface area contributed by atoms with E-state index in [0.717, 1.165) is 4.47 Å². The average molecular weight is 555 g/mol. The molecule has 0 unspecified atom stereocenters. The highest BCUT2D eigenvalue weighted by Gasteiger charge is 2.32. The van der Waals surface area contributed by atoms with E-state index in [-0.39, 0.29) is 18.3 Å². The van der Waals surface area contributed by atoms with Crippen molar-refractivity contribution in [3.05, 3.63) is 41.4 Å². The minimum atomic E-state index is -3.67. The molecule has 2 aromatic heterocycles. The van der Waals surface area contributed by atoms with Crippen molar-refractivity contribution in [3.8, 4) is 5.75 Å². The molecule has 0 bridgehead atoms. The van der Waals surface area contributed by atoms with Crippen LogP contribution in [0.3, 0.4) is 0 Å². The minimum Gasteiger partial charge on any atom is -0.462 e. The number of aromatic nitrogens is 4. The van der Waals surface area contributed by atoms with E-state index in [9.17, 15) is 9.36 Å². The number of nitrogens with two attached hydrogens (primary N) is 1. The lowest BCUT2D eigenvalue weighted by molar-refractivity contribution is -0.149. The van der Waals surface area contributed by atoms with E-state index < -0.39 is 25.6 Å². The molecule has 0 saturated heterocycles. The summed E-state index contributed by atoms with van der Waals surface area (Å²) in [5.41, 5.74) is 6.91. The standard InChI is InChI=1S/C21H28BrN6O5P/c1-13(2)32-21(29)15(4)27-34(30,33-17-7-5-16(22)6-8-17)12-31-14(3)9-28-11-26-18-19(23)24-10-25-20(18)28/h5-8,10-11,13-15H,9,12H2,1-4H3,(H,27,30)(H2,23,24,25)/t14-,15+,34+/m1/s1. The second-order valence-electron chi connectivity index (χ2n) is 7.99. The van der Waals surface area contributed by atoms with E-state index in [4.69, 9.17) is 19.7 Å². The number of halogens is 1. The average Bonchev–Trinajstić information content (AvgIpc) is 3.17. The molecule has 0 saturated carbocycles. The molecule has 3 atom stereocenters. The number of nitrogens with zero attached hydrogens (tertiary/aromatic N) is 4. The van der Waals surface area contributed by atoms with Crippen LogP contribution >= 0.6 is 23.4 Å². The van der Waals surface area contributed by atoms with Crippen LogP contribution in [0.1, 0.15) is 27.7 Å². The van der Waals surface area contributed by atoms with Crippen molar-refractivity contribution >= 4 is 46.4 Å². The largest absolute Gasteiger partial charge is 0.462 e. The number of fused-ring (bicyclic) bond motifs is 1. The molecule has 0 aliphatic rings. The Labute approximate surface area is 206 Å². The molecule has 184 valence electrons. The predicted octanol–water partition coefficient (Wildman–Crippen LogP) is 3.74. The Hall–Kier alpha value is -2.53. The SMILES string of the molecule is CC(C)OC(=O)[C@H](C)N[P@](=O)(CO[C@H](C)Cn1cnc2c(N)ncnc21)Oc1ccc(Br)cc1. The normalized spacial score (nSPS) is 15.1. The Kier molecular flexibility index (Phi) is 8.64. The molecule has 13 heteroatoms. The van der Waals surface area contributed by atoms with Crippen LogP contribution < -0.4 is 15.3 Å². The second kappa shape index (κ2) is 11.3. The maximum absolute atomic E-state index is 13.7. The predicted molar refractivity (Wildman–Crippen MR) is 131 cm³/mol. The van der Waals surface area contributed by atoms with E-state index in [1.54, 1.807) is 55.9 Å². The van der Waals surface area contributed by atoms with E-state index in [1.165, 1.54) is 6.33 Å². The molecule has 0 aliphatic heterocycles. The number of esters is 1. The van der Waals surface area contributed by atoms with Crippen LogP contribution in [0.4, 0.5) is 5.82 Å². The van der Waals surface area contributed by atoms with Crippen molar-refractivity contribution in [2.24, 2.45) is 0 Å². The molecule has 0 radical (unpaired) electrons. The first-order chi connectivity index (χ1) is 16.1. The number of carbonyl (C=O) groups is 1. The fraction of sp³-hybridized carbons (Fsp3) is 0.429. The Morgan fingerprint density at radius 2 is 1.88 bits per heavy atom. The number of imidazole rings is 1. The summed E-state index contributed by atoms with van der Waals surface area (Å²) in [5, 5.41) is 2.78. The molecule has 3 aromatic rings. The first kappa shape index (κ1) is 26.1. The van der Waals surface area contributed by atoms with Gasteiger partial charge < -0.3 is 24.3 Å². The van der Waals surface area contributed by atoms with E-state index in [2.05, 4.69) is 36.0 Å². The summed E-state index contributed by atoms with van der Waals surface area (Å²) in [6.45, 7) is 7.23. The van der Waals surface area contributed by atoms with Crippen molar-refractivity contribution in [2.75, 3.05) is 12.1 Å². The molecular formula is C21H28BrN6O5P. The minimum absolute atomic E-state index is 0.284. The van der Waals surface area contributed by atoms with Crippen LogP contribution in [0.5, 0.6) is 5.75 Å². The van der Waals surface area contributed by atoms with Gasteiger partial charge in [0.2, 0.25) is 0 Å². The van der Waals surface area contributed by atoms with Gasteiger partial charge >= 0.3 is 13.5 Å². The fourth-order valence-corrected chi connectivity index (χ4v) is 5.08. The second-order valence-corrected chi connectivity index (χ2v) is 11.0. The van der Waals surface area contributed by atoms with E-state index in [1.807, 2.05) is 6.92 Å². The summed E-state index contributed by atoms with van der Waals surface area (Å²) >= 11 is 3.36. The summed E-state index contributed by atoms with van der Waals surface area (Å²) in [7, 11) is -3.67. The van der Waals surface area contributed by atoms with Crippen molar-refractivity contribution in [1.29, 1.82) is 0 Å². The number of nitrogen functional groups attached to an aromatic ring is 1. The third kappa shape index (κ3) is 6.99. The van der Waals surface area contributed by atoms with Gasteiger partial charge in [-0.25, -0.2) is 20.0 Å². The lowest BCUT2D eigenvalue weighted by Crippen LogP contribution is -2.37. The van der Waals surface area contributed by atoms with Gasteiger partial charge in [-0.1, -0.05) is 15.9 Å². The van der Waals surface area contributed by atoms with Crippen molar-refractivity contribution in [2.45, 2.75) is 52.5 Å². The van der Waals surface area contributed by atoms with Crippen molar-refractivity contribution in [1.82, 2.24) is 24.6 Å². The molecule has 2 heterocycles. The van der Waals surface area contributed by atoms with E-state index >= 15 is 0 Å². The Balaban J connectivity index is 1.71. The number of nitrogens with one attached hydrogen (secondary N) is 1. The molecule has 11 nitrogen and oxygen atoms in total. The van der Waals surface area contributed by atoms with Crippen LogP contribution in [0.15, 0.2) is 41.4 Å². The molecule has 3 rings (SSSR count). The zero-order chi connectivity index (χ0) is 24.9. The highest BCUT2D eigenvalue weighted by molar-refractivity contribution is 9.10. The fourth-order valence-electron chi connectivity index (χ4n) is 3.03. The third-order valence-corrected chi connectivity index (χ3v) is 6.88. The Bertz CT molecular complexity index is 1170. The third-order valence-electron chi connectivity index (χ3n) is 4.57. The molecule has 3 N–H and O–H groups in total. The maximum atomic E-state index is 13.7. The summed E-state index contributed by atoms with van der Waals surface area (Å²) < 4.78 is 33.2. The highest BCUT2D eigenvalue weighted by Crippen LogP contribution is 2.44. The van der Waals surface area contributed by atoms with Gasteiger partial charge in [0.05, 0.1) is 25.1 Å². The molecule has 0 fully saturated rings. The summed E-state index contributed by atoms with van der Waals surface area (Å²) in [5.74, 6) is 0.119. The number of benzene rings is 1. The number of hydrogen-bond acceptors (Lipinski definition) is 9. The van der Waals surface area contributed by atoms with E-state index in [0.29, 0.717) is 23.5 Å². The van der Waals surface area contributed by atoms with Gasteiger partial charge in [0.15, 0.2) is 11.5 Å². The van der Waals surface area contributed by atoms with Gasteiger partial charge in [-0.05, 0) is 52.0 Å². The zero-order valence-corrected chi connectivity index (χ0v) is 21.8. The lowest BCUT2D eigenvalue weighted by Gasteiger charge is -2.25. The maximum Gasteiger partial charge on any atom is 0.342 e. The van der Waals surface area contributed by atoms with Gasteiger partial charge in [-0.2, -0.15) is 0 Å². The topological polar surface area (TPSA) is 143 Å². The number of carbonyl (C=O) groups excluding carboxylic acids is 1. The molecular weight excluding hydrogens is 527 g/mol. The molecule has 1 aromatic carbocycles. The number of ether oxygens (including phenoxy) is 2. The molecule has 34 heavy (non-hydrogen) atoms. The highest BCUT2D eigenvalue weighted by atomic mass is 79.9. The number of hydrogen-bond donors (Lipinski definition) is 2. The summed E-state index contributed by atoms with van der Waals surface area (Å²) in [4.78, 5) is 24.7. The summed E-state index contributed by atoms with van der Waals surface area (Å²) in [6.07, 6.45) is 1.98. The number of anilines is 1. The quantitative estimate of drug-likeness (QED) is 0.265. The number of rotatable bonds is 11. The zero-order valence-electron chi connectivity index (χ0n) is 19.3. The summed E-state index contributed by atoms with van der Waals surface area (Å²) in [6, 6.07) is 5.98. The van der Waals surface area contributed by atoms with Crippen molar-refractivity contribution < 1.29 is 23.4 Å². The smallest absolute Gasteiger partial charge is 0.342 e. The van der Waals surface area contributed by atoms with Crippen LogP contribution in [-0.2, 0) is 25.4 Å². The van der Waals surface area contributed by atoms with Gasteiger partial charge in [-0.15, -0.1) is 0 Å². The first-order valence-electron chi connectivity index (χ1n) is 10.6. The Morgan fingerprint density at radius 3 is 2.56 bits per heavy atom. The monoisotopic (exact) mass is 554 g/mol. The molecule has 0 amide bonds. The van der Waals surface area contributed by atoms with Gasteiger partial charge in [0.1, 0.15) is 30.0 Å². The van der Waals surface area contributed by atoms with Crippen molar-refractivity contribution in [3.63, 3.8) is 0 Å². The Morgan fingerprint density at radius 1 is 1.18 bits per heavy atom. The van der Waals surface area contributed by atoms with Crippen LogP contribution in [0.25, 0.3) is 11.2 Å². The van der Waals surface area contributed by atoms with Gasteiger partial charge in [-0.3, -0.25) is 9.36 Å².